The van der Waals surface area contributed by atoms with Crippen molar-refractivity contribution in [3.63, 3.8) is 0 Å². The topological polar surface area (TPSA) is 47.3 Å². The van der Waals surface area contributed by atoms with E-state index in [1.165, 1.54) is 5.56 Å². The van der Waals surface area contributed by atoms with Gasteiger partial charge in [-0.1, -0.05) is 15.9 Å². The van der Waals surface area contributed by atoms with Gasteiger partial charge in [0.2, 0.25) is 0 Å². The average Bonchev–Trinajstić information content (AvgIpc) is 2.18. The van der Waals surface area contributed by atoms with Gasteiger partial charge in [0.05, 0.1) is 6.61 Å². The van der Waals surface area contributed by atoms with Crippen molar-refractivity contribution in [2.24, 2.45) is 0 Å². The molecule has 0 fully saturated rings. The van der Waals surface area contributed by atoms with Crippen molar-refractivity contribution in [1.29, 1.82) is 0 Å². The number of methoxy groups -OCH3 is 1. The molecule has 1 rings (SSSR count). The quantitative estimate of drug-likeness (QED) is 0.625. The maximum absolute atomic E-state index is 5.68. The highest BCUT2D eigenvalue weighted by atomic mass is 79.9. The van der Waals surface area contributed by atoms with Crippen LogP contribution in [0.5, 0.6) is 0 Å². The van der Waals surface area contributed by atoms with E-state index in [1.807, 2.05) is 18.2 Å². The number of nitrogen functional groups attached to an aromatic ring is 1. The minimum absolute atomic E-state index is 0.722. The Morgan fingerprint density at radius 1 is 1.50 bits per heavy atom. The Bertz CT molecular complexity index is 291. The molecular formula is C10H15BrN2O. The highest BCUT2D eigenvalue weighted by molar-refractivity contribution is 9.10. The number of ether oxygens (including phenoxy) is 1. The maximum atomic E-state index is 5.68. The second-order valence-corrected chi connectivity index (χ2v) is 3.87. The number of rotatable bonds is 5. The van der Waals surface area contributed by atoms with Crippen LogP contribution < -0.4 is 11.1 Å². The Labute approximate surface area is 92.8 Å². The van der Waals surface area contributed by atoms with Gasteiger partial charge in [-0.3, -0.25) is 0 Å². The lowest BCUT2D eigenvalue weighted by Gasteiger charge is -2.07. The maximum Gasteiger partial charge on any atom is 0.0587 e. The predicted octanol–water partition coefficient (Wildman–Crippen LogP) is 1.77. The summed E-state index contributed by atoms with van der Waals surface area (Å²) in [6.45, 7) is 2.37. The second-order valence-electron chi connectivity index (χ2n) is 3.02. The third-order valence-corrected chi connectivity index (χ3v) is 2.64. The third-order valence-electron chi connectivity index (χ3n) is 1.87. The van der Waals surface area contributed by atoms with Crippen LogP contribution in [0.1, 0.15) is 5.56 Å². The van der Waals surface area contributed by atoms with Gasteiger partial charge in [0.1, 0.15) is 0 Å². The van der Waals surface area contributed by atoms with Gasteiger partial charge in [0.25, 0.3) is 0 Å². The summed E-state index contributed by atoms with van der Waals surface area (Å²) in [7, 11) is 1.69. The van der Waals surface area contributed by atoms with Gasteiger partial charge in [-0.2, -0.15) is 0 Å². The number of benzene rings is 1. The summed E-state index contributed by atoms with van der Waals surface area (Å²) in [5.41, 5.74) is 7.64. The molecule has 1 aromatic rings. The van der Waals surface area contributed by atoms with Crippen molar-refractivity contribution in [1.82, 2.24) is 5.32 Å². The van der Waals surface area contributed by atoms with E-state index in [2.05, 4.69) is 21.2 Å². The van der Waals surface area contributed by atoms with Crippen LogP contribution in [0.3, 0.4) is 0 Å². The average molecular weight is 259 g/mol. The van der Waals surface area contributed by atoms with Crippen LogP contribution >= 0.6 is 15.9 Å². The molecule has 0 saturated heterocycles. The molecule has 78 valence electrons. The minimum Gasteiger partial charge on any atom is -0.399 e. The molecule has 4 heteroatoms. The van der Waals surface area contributed by atoms with Crippen LogP contribution in [0.2, 0.25) is 0 Å². The summed E-state index contributed by atoms with van der Waals surface area (Å²) in [6, 6.07) is 5.80. The van der Waals surface area contributed by atoms with Crippen molar-refractivity contribution < 1.29 is 4.74 Å². The fourth-order valence-corrected chi connectivity index (χ4v) is 1.51. The molecule has 0 saturated carbocycles. The monoisotopic (exact) mass is 258 g/mol. The lowest BCUT2D eigenvalue weighted by atomic mass is 10.2. The highest BCUT2D eigenvalue weighted by Gasteiger charge is 1.99. The van der Waals surface area contributed by atoms with Crippen molar-refractivity contribution in [3.8, 4) is 0 Å². The summed E-state index contributed by atoms with van der Waals surface area (Å²) < 4.78 is 6.02. The zero-order chi connectivity index (χ0) is 10.4. The Hall–Kier alpha value is -0.580. The Morgan fingerprint density at radius 3 is 3.00 bits per heavy atom. The van der Waals surface area contributed by atoms with Crippen molar-refractivity contribution in [3.05, 3.63) is 28.2 Å². The van der Waals surface area contributed by atoms with E-state index in [1.54, 1.807) is 7.11 Å². The number of nitrogens with two attached hydrogens (primary N) is 1. The van der Waals surface area contributed by atoms with E-state index in [-0.39, 0.29) is 0 Å². The summed E-state index contributed by atoms with van der Waals surface area (Å²) in [5, 5.41) is 3.26. The lowest BCUT2D eigenvalue weighted by Crippen LogP contribution is -2.18. The lowest BCUT2D eigenvalue weighted by molar-refractivity contribution is 0.199. The van der Waals surface area contributed by atoms with Crippen LogP contribution in [-0.4, -0.2) is 20.3 Å². The first kappa shape index (κ1) is 11.5. The molecule has 3 nitrogen and oxygen atoms in total. The molecule has 0 heterocycles. The molecule has 0 aromatic heterocycles. The normalized spacial score (nSPS) is 10.4. The van der Waals surface area contributed by atoms with E-state index >= 15 is 0 Å². The smallest absolute Gasteiger partial charge is 0.0587 e. The first-order chi connectivity index (χ1) is 6.74. The molecule has 1 aromatic carbocycles. The SMILES string of the molecule is COCCNCc1cc(N)ccc1Br. The zero-order valence-corrected chi connectivity index (χ0v) is 9.80. The van der Waals surface area contributed by atoms with Crippen LogP contribution in [-0.2, 0) is 11.3 Å². The van der Waals surface area contributed by atoms with Gasteiger partial charge in [-0.15, -0.1) is 0 Å². The molecule has 0 aliphatic rings. The van der Waals surface area contributed by atoms with Gasteiger partial charge in [-0.05, 0) is 23.8 Å². The van der Waals surface area contributed by atoms with Crippen molar-refractivity contribution in [2.45, 2.75) is 6.54 Å². The Morgan fingerprint density at radius 2 is 2.29 bits per heavy atom. The summed E-state index contributed by atoms with van der Waals surface area (Å²) >= 11 is 3.47. The van der Waals surface area contributed by atoms with E-state index in [0.717, 1.165) is 29.9 Å². The number of hydrogen-bond donors (Lipinski definition) is 2. The molecule has 3 N–H and O–H groups in total. The molecule has 0 unspecified atom stereocenters. The van der Waals surface area contributed by atoms with Gasteiger partial charge >= 0.3 is 0 Å². The van der Waals surface area contributed by atoms with Crippen LogP contribution in [0.4, 0.5) is 5.69 Å². The Kier molecular flexibility index (Phi) is 4.93. The minimum atomic E-state index is 0.722. The highest BCUT2D eigenvalue weighted by Crippen LogP contribution is 2.19. The molecule has 0 spiro atoms. The molecular weight excluding hydrogens is 244 g/mol. The van der Waals surface area contributed by atoms with Crippen LogP contribution in [0.25, 0.3) is 0 Å². The molecule has 0 atom stereocenters. The molecule has 0 aliphatic carbocycles. The summed E-state index contributed by atoms with van der Waals surface area (Å²) in [4.78, 5) is 0. The predicted molar refractivity (Wildman–Crippen MR) is 62.1 cm³/mol. The van der Waals surface area contributed by atoms with Gasteiger partial charge in [-0.25, -0.2) is 0 Å². The first-order valence-electron chi connectivity index (χ1n) is 4.47. The first-order valence-corrected chi connectivity index (χ1v) is 5.27. The fraction of sp³-hybridized carbons (Fsp3) is 0.400. The number of anilines is 1. The summed E-state index contributed by atoms with van der Waals surface area (Å²) in [6.07, 6.45) is 0. The Balaban J connectivity index is 2.45. The number of nitrogens with one attached hydrogen (secondary N) is 1. The molecule has 14 heavy (non-hydrogen) atoms. The van der Waals surface area contributed by atoms with E-state index < -0.39 is 0 Å². The number of halogens is 1. The third kappa shape index (κ3) is 3.65. The van der Waals surface area contributed by atoms with Gasteiger partial charge in [0, 0.05) is 30.4 Å². The molecule has 0 bridgehead atoms. The van der Waals surface area contributed by atoms with Crippen molar-refractivity contribution >= 4 is 21.6 Å². The zero-order valence-electron chi connectivity index (χ0n) is 8.22. The van der Waals surface area contributed by atoms with E-state index in [0.29, 0.717) is 0 Å². The fourth-order valence-electron chi connectivity index (χ4n) is 1.13. The molecule has 0 aliphatic heterocycles. The van der Waals surface area contributed by atoms with E-state index in [9.17, 15) is 0 Å². The van der Waals surface area contributed by atoms with Gasteiger partial charge < -0.3 is 15.8 Å². The molecule has 0 radical (unpaired) electrons. The van der Waals surface area contributed by atoms with Crippen LogP contribution in [0, 0.1) is 0 Å². The second kappa shape index (κ2) is 6.01. The molecule has 0 amide bonds. The van der Waals surface area contributed by atoms with E-state index in [4.69, 9.17) is 10.5 Å². The largest absolute Gasteiger partial charge is 0.399 e. The van der Waals surface area contributed by atoms with Gasteiger partial charge in [0.15, 0.2) is 0 Å². The van der Waals surface area contributed by atoms with Crippen LogP contribution in [0.15, 0.2) is 22.7 Å². The standard InChI is InChI=1S/C10H15BrN2O/c1-14-5-4-13-7-8-6-9(12)2-3-10(8)11/h2-3,6,13H,4-5,7,12H2,1H3. The summed E-state index contributed by atoms with van der Waals surface area (Å²) in [5.74, 6) is 0. The van der Waals surface area contributed by atoms with Crippen molar-refractivity contribution in [2.75, 3.05) is 26.0 Å². The number of hydrogen-bond acceptors (Lipinski definition) is 3.